The third-order valence-corrected chi connectivity index (χ3v) is 10.7. The summed E-state index contributed by atoms with van der Waals surface area (Å²) < 4.78 is 5.42. The summed E-state index contributed by atoms with van der Waals surface area (Å²) in [5.74, 6) is -0.118. The minimum atomic E-state index is -0.685. The van der Waals surface area contributed by atoms with Gasteiger partial charge in [0.05, 0.1) is 25.4 Å². The smallest absolute Gasteiger partial charge is 0.305 e. The van der Waals surface area contributed by atoms with E-state index in [-0.39, 0.29) is 18.5 Å². The Morgan fingerprint density at radius 2 is 0.870 bits per heavy atom. The van der Waals surface area contributed by atoms with Crippen molar-refractivity contribution >= 4 is 11.9 Å². The van der Waals surface area contributed by atoms with Crippen LogP contribution in [-0.4, -0.2) is 47.4 Å². The number of aliphatic hydroxyl groups is 2. The Kier molecular flexibility index (Phi) is 42.7. The predicted octanol–water partition coefficient (Wildman–Crippen LogP) is 13.6. The number of hydrogen-bond acceptors (Lipinski definition) is 5. The summed E-state index contributed by atoms with van der Waals surface area (Å²) in [6.45, 7) is 4.84. The third-order valence-electron chi connectivity index (χ3n) is 10.7. The number of carbonyl (C=O) groups excluding carboxylic acids is 2. The minimum Gasteiger partial charge on any atom is -0.466 e. The maximum atomic E-state index is 12.4. The van der Waals surface area contributed by atoms with Crippen LogP contribution in [0.25, 0.3) is 0 Å². The van der Waals surface area contributed by atoms with Crippen LogP contribution in [0.2, 0.25) is 0 Å². The summed E-state index contributed by atoms with van der Waals surface area (Å²) in [5.41, 5.74) is 0. The average Bonchev–Trinajstić information content (AvgIpc) is 3.17. The van der Waals surface area contributed by atoms with E-state index >= 15 is 0 Å². The summed E-state index contributed by atoms with van der Waals surface area (Å²) in [4.78, 5) is 24.4. The standard InChI is InChI=1S/C48H91NO5/c1-3-5-7-9-11-13-15-17-19-21-26-30-34-38-42-48(53)54-43-39-35-31-27-23-22-25-29-33-37-41-47(52)49-45(44-50)46(51)40-36-32-28-24-20-18-16-14-12-10-8-6-4-2/h15,17,23,27,45-46,50-51H,3-14,16,18-22,24-26,28-44H2,1-2H3,(H,49,52)/b17-15-,27-23-. The SMILES string of the molecule is CCCCCCC/C=C\CCCCCCCC(=O)OCCCC/C=C\CCCCCCC(=O)NC(CO)C(O)CCCCCCCCCCCCCCC. The topological polar surface area (TPSA) is 95.9 Å². The van der Waals surface area contributed by atoms with Crippen LogP contribution in [0, 0.1) is 0 Å². The molecular formula is C48H91NO5. The van der Waals surface area contributed by atoms with Crippen LogP contribution in [0.3, 0.4) is 0 Å². The van der Waals surface area contributed by atoms with E-state index < -0.39 is 12.1 Å². The monoisotopic (exact) mass is 762 g/mol. The highest BCUT2D eigenvalue weighted by Crippen LogP contribution is 2.15. The maximum Gasteiger partial charge on any atom is 0.305 e. The van der Waals surface area contributed by atoms with Crippen molar-refractivity contribution in [2.45, 2.75) is 257 Å². The van der Waals surface area contributed by atoms with Gasteiger partial charge in [0.15, 0.2) is 0 Å². The fraction of sp³-hybridized carbons (Fsp3) is 0.875. The van der Waals surface area contributed by atoms with E-state index in [0.717, 1.165) is 77.0 Å². The van der Waals surface area contributed by atoms with Crippen molar-refractivity contribution in [3.8, 4) is 0 Å². The van der Waals surface area contributed by atoms with Gasteiger partial charge in [0.1, 0.15) is 0 Å². The highest BCUT2D eigenvalue weighted by atomic mass is 16.5. The predicted molar refractivity (Wildman–Crippen MR) is 232 cm³/mol. The lowest BCUT2D eigenvalue weighted by Crippen LogP contribution is -2.45. The van der Waals surface area contributed by atoms with Gasteiger partial charge in [-0.05, 0) is 77.0 Å². The van der Waals surface area contributed by atoms with Crippen LogP contribution in [0.4, 0.5) is 0 Å². The molecule has 0 spiro atoms. The number of amides is 1. The summed E-state index contributed by atoms with van der Waals surface area (Å²) in [6.07, 6.45) is 49.9. The fourth-order valence-corrected chi connectivity index (χ4v) is 7.04. The molecule has 0 bridgehead atoms. The van der Waals surface area contributed by atoms with Gasteiger partial charge in [-0.3, -0.25) is 9.59 Å². The van der Waals surface area contributed by atoms with E-state index in [4.69, 9.17) is 4.74 Å². The van der Waals surface area contributed by atoms with E-state index in [2.05, 4.69) is 43.5 Å². The molecule has 318 valence electrons. The van der Waals surface area contributed by atoms with Crippen molar-refractivity contribution in [2.24, 2.45) is 0 Å². The molecule has 1 amide bonds. The van der Waals surface area contributed by atoms with Crippen molar-refractivity contribution in [1.29, 1.82) is 0 Å². The molecule has 0 saturated carbocycles. The Labute approximate surface area is 335 Å². The van der Waals surface area contributed by atoms with E-state index in [1.54, 1.807) is 0 Å². The second-order valence-electron chi connectivity index (χ2n) is 16.1. The Balaban J connectivity index is 3.55. The van der Waals surface area contributed by atoms with Crippen LogP contribution >= 0.6 is 0 Å². The molecule has 0 aromatic heterocycles. The number of rotatable bonds is 43. The normalized spacial score (nSPS) is 12.9. The third kappa shape index (κ3) is 40.0. The number of allylic oxidation sites excluding steroid dienone is 4. The fourth-order valence-electron chi connectivity index (χ4n) is 7.04. The molecule has 0 aliphatic rings. The summed E-state index contributed by atoms with van der Waals surface area (Å²) in [5, 5.41) is 23.1. The lowest BCUT2D eigenvalue weighted by molar-refractivity contribution is -0.143. The van der Waals surface area contributed by atoms with Crippen LogP contribution < -0.4 is 5.32 Å². The van der Waals surface area contributed by atoms with Crippen molar-refractivity contribution in [3.05, 3.63) is 24.3 Å². The number of hydrogen-bond donors (Lipinski definition) is 3. The van der Waals surface area contributed by atoms with Gasteiger partial charge in [0, 0.05) is 12.8 Å². The molecular weight excluding hydrogens is 671 g/mol. The van der Waals surface area contributed by atoms with Crippen molar-refractivity contribution in [1.82, 2.24) is 5.32 Å². The van der Waals surface area contributed by atoms with Crippen molar-refractivity contribution < 1.29 is 24.5 Å². The molecule has 54 heavy (non-hydrogen) atoms. The number of nitrogens with one attached hydrogen (secondary N) is 1. The Morgan fingerprint density at radius 3 is 1.31 bits per heavy atom. The van der Waals surface area contributed by atoms with Gasteiger partial charge in [-0.1, -0.05) is 179 Å². The molecule has 0 aliphatic carbocycles. The molecule has 0 aliphatic heterocycles. The van der Waals surface area contributed by atoms with Gasteiger partial charge in [-0.2, -0.15) is 0 Å². The van der Waals surface area contributed by atoms with E-state index in [9.17, 15) is 19.8 Å². The van der Waals surface area contributed by atoms with Gasteiger partial charge in [-0.15, -0.1) is 0 Å². The molecule has 0 saturated heterocycles. The first-order chi connectivity index (χ1) is 26.5. The molecule has 0 fully saturated rings. The van der Waals surface area contributed by atoms with Crippen molar-refractivity contribution in [3.63, 3.8) is 0 Å². The molecule has 0 radical (unpaired) electrons. The molecule has 3 N–H and O–H groups in total. The zero-order valence-electron chi connectivity index (χ0n) is 36.0. The van der Waals surface area contributed by atoms with Crippen molar-refractivity contribution in [2.75, 3.05) is 13.2 Å². The van der Waals surface area contributed by atoms with Gasteiger partial charge in [0.25, 0.3) is 0 Å². The first kappa shape index (κ1) is 52.3. The first-order valence-corrected chi connectivity index (χ1v) is 23.6. The number of aliphatic hydroxyl groups excluding tert-OH is 2. The summed E-state index contributed by atoms with van der Waals surface area (Å²) in [7, 11) is 0. The molecule has 0 aromatic rings. The maximum absolute atomic E-state index is 12.4. The summed E-state index contributed by atoms with van der Waals surface area (Å²) >= 11 is 0. The first-order valence-electron chi connectivity index (χ1n) is 23.6. The van der Waals surface area contributed by atoms with Gasteiger partial charge < -0.3 is 20.3 Å². The van der Waals surface area contributed by atoms with E-state index in [0.29, 0.717) is 25.9 Å². The molecule has 6 heteroatoms. The van der Waals surface area contributed by atoms with Gasteiger partial charge in [-0.25, -0.2) is 0 Å². The Bertz CT molecular complexity index is 843. The molecule has 0 heterocycles. The largest absolute Gasteiger partial charge is 0.466 e. The number of carbonyl (C=O) groups is 2. The quantitative estimate of drug-likeness (QED) is 0.0327. The number of unbranched alkanes of at least 4 members (excludes halogenated alkanes) is 28. The van der Waals surface area contributed by atoms with Gasteiger partial charge >= 0.3 is 5.97 Å². The van der Waals surface area contributed by atoms with Gasteiger partial charge in [0.2, 0.25) is 5.91 Å². The molecule has 2 atom stereocenters. The van der Waals surface area contributed by atoms with Crippen LogP contribution in [0.5, 0.6) is 0 Å². The zero-order valence-corrected chi connectivity index (χ0v) is 36.0. The number of esters is 1. The van der Waals surface area contributed by atoms with Crippen LogP contribution in [-0.2, 0) is 14.3 Å². The Hall–Kier alpha value is -1.66. The van der Waals surface area contributed by atoms with E-state index in [1.165, 1.54) is 135 Å². The molecule has 0 aromatic carbocycles. The molecule has 6 nitrogen and oxygen atoms in total. The minimum absolute atomic E-state index is 0.0454. The average molecular weight is 762 g/mol. The second kappa shape index (κ2) is 44.1. The molecule has 2 unspecified atom stereocenters. The Morgan fingerprint density at radius 1 is 0.500 bits per heavy atom. The lowest BCUT2D eigenvalue weighted by atomic mass is 10.0. The van der Waals surface area contributed by atoms with Crippen LogP contribution in [0.1, 0.15) is 245 Å². The number of ether oxygens (including phenoxy) is 1. The highest BCUT2D eigenvalue weighted by Gasteiger charge is 2.20. The van der Waals surface area contributed by atoms with E-state index in [1.807, 2.05) is 0 Å². The zero-order chi connectivity index (χ0) is 39.4. The lowest BCUT2D eigenvalue weighted by Gasteiger charge is -2.22. The second-order valence-corrected chi connectivity index (χ2v) is 16.1. The summed E-state index contributed by atoms with van der Waals surface area (Å²) in [6, 6.07) is -0.566. The molecule has 0 rings (SSSR count). The van der Waals surface area contributed by atoms with Crippen LogP contribution in [0.15, 0.2) is 24.3 Å². The highest BCUT2D eigenvalue weighted by molar-refractivity contribution is 5.76.